The zero-order valence-corrected chi connectivity index (χ0v) is 14.7. The van der Waals surface area contributed by atoms with Crippen LogP contribution in [0.25, 0.3) is 0 Å². The Labute approximate surface area is 131 Å². The summed E-state index contributed by atoms with van der Waals surface area (Å²) in [6.45, 7) is 10.6. The lowest BCUT2D eigenvalue weighted by Crippen LogP contribution is -2.34. The van der Waals surface area contributed by atoms with Gasteiger partial charge in [0.05, 0.1) is 24.3 Å². The first kappa shape index (κ1) is 17.9. The third-order valence-corrected chi connectivity index (χ3v) is 3.78. The fourth-order valence-electron chi connectivity index (χ4n) is 2.08. The molecule has 1 N–H and O–H groups in total. The molecule has 1 aromatic heterocycles. The van der Waals surface area contributed by atoms with E-state index in [0.29, 0.717) is 5.92 Å². The zero-order valence-electron chi connectivity index (χ0n) is 13.8. The molecule has 0 aliphatic carbocycles. The van der Waals surface area contributed by atoms with Crippen LogP contribution in [-0.4, -0.2) is 33.3 Å². The summed E-state index contributed by atoms with van der Waals surface area (Å²) < 4.78 is 7.38. The average Bonchev–Trinajstić information content (AvgIpc) is 2.74. The van der Waals surface area contributed by atoms with Crippen molar-refractivity contribution < 1.29 is 9.53 Å². The van der Waals surface area contributed by atoms with E-state index in [1.807, 2.05) is 45.8 Å². The summed E-state index contributed by atoms with van der Waals surface area (Å²) in [6.07, 6.45) is 5.32. The highest BCUT2D eigenvalue weighted by atomic mass is 32.2. The Bertz CT molecular complexity index is 454. The average molecular weight is 313 g/mol. The van der Waals surface area contributed by atoms with Gasteiger partial charge in [0.25, 0.3) is 0 Å². The molecule has 21 heavy (non-hydrogen) atoms. The topological polar surface area (TPSA) is 56.2 Å². The van der Waals surface area contributed by atoms with Crippen molar-refractivity contribution >= 4 is 17.9 Å². The number of hydrogen-bond donors (Lipinski definition) is 1. The molecule has 6 heteroatoms. The SMILES string of the molecule is CSCC(C)Cn1cncc1[C@H](C)NC(=O)OC(C)(C)C. The van der Waals surface area contributed by atoms with Crippen molar-refractivity contribution in [2.45, 2.75) is 52.8 Å². The first-order valence-corrected chi connectivity index (χ1v) is 8.60. The molecule has 0 aliphatic heterocycles. The number of alkyl carbamates (subject to hydrolysis) is 1. The Balaban J connectivity index is 2.64. The number of nitrogens with zero attached hydrogens (tertiary/aromatic N) is 2. The predicted molar refractivity (Wildman–Crippen MR) is 87.6 cm³/mol. The van der Waals surface area contributed by atoms with Gasteiger partial charge in [-0.2, -0.15) is 11.8 Å². The fourth-order valence-corrected chi connectivity index (χ4v) is 2.75. The Morgan fingerprint density at radius 1 is 1.48 bits per heavy atom. The number of hydrogen-bond acceptors (Lipinski definition) is 4. The largest absolute Gasteiger partial charge is 0.444 e. The number of thioether (sulfide) groups is 1. The van der Waals surface area contributed by atoms with E-state index < -0.39 is 11.7 Å². The summed E-state index contributed by atoms with van der Waals surface area (Å²) >= 11 is 1.84. The summed E-state index contributed by atoms with van der Waals surface area (Å²) in [7, 11) is 0. The number of carbonyl (C=O) groups excluding carboxylic acids is 1. The van der Waals surface area contributed by atoms with Crippen LogP contribution in [0, 0.1) is 5.92 Å². The lowest BCUT2D eigenvalue weighted by molar-refractivity contribution is 0.0506. The summed E-state index contributed by atoms with van der Waals surface area (Å²) in [5.41, 5.74) is 0.505. The molecule has 0 saturated heterocycles. The number of aromatic nitrogens is 2. The van der Waals surface area contributed by atoms with Gasteiger partial charge in [-0.3, -0.25) is 0 Å². The van der Waals surface area contributed by atoms with Gasteiger partial charge < -0.3 is 14.6 Å². The molecule has 1 aromatic rings. The molecule has 120 valence electrons. The van der Waals surface area contributed by atoms with Gasteiger partial charge in [0.2, 0.25) is 0 Å². The molecule has 1 amide bonds. The lowest BCUT2D eigenvalue weighted by Gasteiger charge is -2.23. The molecule has 0 aliphatic rings. The maximum absolute atomic E-state index is 11.8. The molecule has 0 fully saturated rings. The highest BCUT2D eigenvalue weighted by Crippen LogP contribution is 2.16. The highest BCUT2D eigenvalue weighted by Gasteiger charge is 2.20. The van der Waals surface area contributed by atoms with Crippen LogP contribution >= 0.6 is 11.8 Å². The van der Waals surface area contributed by atoms with E-state index in [2.05, 4.69) is 28.0 Å². The van der Waals surface area contributed by atoms with E-state index in [0.717, 1.165) is 18.0 Å². The van der Waals surface area contributed by atoms with Crippen molar-refractivity contribution in [3.8, 4) is 0 Å². The van der Waals surface area contributed by atoms with Crippen LogP contribution in [0.5, 0.6) is 0 Å². The maximum Gasteiger partial charge on any atom is 0.408 e. The van der Waals surface area contributed by atoms with E-state index in [9.17, 15) is 4.79 Å². The van der Waals surface area contributed by atoms with Crippen molar-refractivity contribution in [1.82, 2.24) is 14.9 Å². The van der Waals surface area contributed by atoms with Crippen molar-refractivity contribution in [3.05, 3.63) is 18.2 Å². The molecule has 2 atom stereocenters. The van der Waals surface area contributed by atoms with Crippen molar-refractivity contribution in [1.29, 1.82) is 0 Å². The third kappa shape index (κ3) is 6.42. The van der Waals surface area contributed by atoms with Crippen molar-refractivity contribution in [2.75, 3.05) is 12.0 Å². The van der Waals surface area contributed by atoms with Gasteiger partial charge in [-0.15, -0.1) is 0 Å². The monoisotopic (exact) mass is 313 g/mol. The predicted octanol–water partition coefficient (Wildman–Crippen LogP) is 3.47. The van der Waals surface area contributed by atoms with Crippen LogP contribution in [0.15, 0.2) is 12.5 Å². The van der Waals surface area contributed by atoms with E-state index in [1.165, 1.54) is 0 Å². The molecule has 1 heterocycles. The Kier molecular flexibility index (Phi) is 6.58. The first-order valence-electron chi connectivity index (χ1n) is 7.21. The second-order valence-corrected chi connectivity index (χ2v) is 7.31. The molecule has 0 spiro atoms. The van der Waals surface area contributed by atoms with Gasteiger partial charge in [0, 0.05) is 6.54 Å². The van der Waals surface area contributed by atoms with Gasteiger partial charge >= 0.3 is 6.09 Å². The molecule has 1 rings (SSSR count). The summed E-state index contributed by atoms with van der Waals surface area (Å²) in [5, 5.41) is 2.86. The highest BCUT2D eigenvalue weighted by molar-refractivity contribution is 7.98. The minimum absolute atomic E-state index is 0.135. The fraction of sp³-hybridized carbons (Fsp3) is 0.733. The van der Waals surface area contributed by atoms with Gasteiger partial charge in [-0.05, 0) is 45.6 Å². The second-order valence-electron chi connectivity index (χ2n) is 6.40. The van der Waals surface area contributed by atoms with Crippen molar-refractivity contribution in [3.63, 3.8) is 0 Å². The molecular formula is C15H27N3O2S. The van der Waals surface area contributed by atoms with Crippen LogP contribution in [0.1, 0.15) is 46.4 Å². The quantitative estimate of drug-likeness (QED) is 0.873. The van der Waals surface area contributed by atoms with Crippen LogP contribution in [0.4, 0.5) is 4.79 Å². The Morgan fingerprint density at radius 3 is 2.71 bits per heavy atom. The number of ether oxygens (including phenoxy) is 1. The van der Waals surface area contributed by atoms with Crippen LogP contribution in [0.2, 0.25) is 0 Å². The number of amides is 1. The Morgan fingerprint density at radius 2 is 2.14 bits per heavy atom. The van der Waals surface area contributed by atoms with Crippen LogP contribution in [-0.2, 0) is 11.3 Å². The van der Waals surface area contributed by atoms with Gasteiger partial charge in [0.15, 0.2) is 0 Å². The third-order valence-electron chi connectivity index (χ3n) is 2.88. The lowest BCUT2D eigenvalue weighted by atomic mass is 10.2. The molecule has 0 aromatic carbocycles. The first-order chi connectivity index (χ1) is 9.73. The van der Waals surface area contributed by atoms with E-state index in [-0.39, 0.29) is 6.04 Å². The molecule has 1 unspecified atom stereocenters. The minimum Gasteiger partial charge on any atom is -0.444 e. The molecule has 0 radical (unpaired) electrons. The molecular weight excluding hydrogens is 286 g/mol. The standard InChI is InChI=1S/C15H27N3O2S/c1-11(9-21-6)8-18-10-16-7-13(18)12(2)17-14(19)20-15(3,4)5/h7,10-12H,8-9H2,1-6H3,(H,17,19)/t11?,12-/m0/s1. The summed E-state index contributed by atoms with van der Waals surface area (Å²) in [4.78, 5) is 16.0. The van der Waals surface area contributed by atoms with E-state index >= 15 is 0 Å². The van der Waals surface area contributed by atoms with Gasteiger partial charge in [0.1, 0.15) is 5.60 Å². The molecule has 0 saturated carbocycles. The molecule has 5 nitrogen and oxygen atoms in total. The van der Waals surface area contributed by atoms with E-state index in [1.54, 1.807) is 6.20 Å². The normalized spacial score (nSPS) is 14.6. The molecule has 0 bridgehead atoms. The van der Waals surface area contributed by atoms with Gasteiger partial charge in [-0.1, -0.05) is 6.92 Å². The van der Waals surface area contributed by atoms with Crippen LogP contribution in [0.3, 0.4) is 0 Å². The van der Waals surface area contributed by atoms with Gasteiger partial charge in [-0.25, -0.2) is 9.78 Å². The number of imidazole rings is 1. The number of carbonyl (C=O) groups is 1. The zero-order chi connectivity index (χ0) is 16.0. The number of nitrogens with one attached hydrogen (secondary N) is 1. The smallest absolute Gasteiger partial charge is 0.408 e. The second kappa shape index (κ2) is 7.73. The summed E-state index contributed by atoms with van der Waals surface area (Å²) in [5.74, 6) is 1.66. The summed E-state index contributed by atoms with van der Waals surface area (Å²) in [6, 6.07) is -0.135. The van der Waals surface area contributed by atoms with Crippen LogP contribution < -0.4 is 5.32 Å². The van der Waals surface area contributed by atoms with E-state index in [4.69, 9.17) is 4.74 Å². The maximum atomic E-state index is 11.8. The minimum atomic E-state index is -0.489. The Hall–Kier alpha value is -1.17. The van der Waals surface area contributed by atoms with Crippen molar-refractivity contribution in [2.24, 2.45) is 5.92 Å². The number of rotatable bonds is 6.